The van der Waals surface area contributed by atoms with Gasteiger partial charge < -0.3 is 0 Å². The zero-order valence-electron chi connectivity index (χ0n) is 22.5. The molecule has 4 nitrogen and oxygen atoms in total. The van der Waals surface area contributed by atoms with Gasteiger partial charge in [-0.2, -0.15) is 0 Å². The van der Waals surface area contributed by atoms with Gasteiger partial charge in [-0.05, 0) is 65.2 Å². The molecule has 0 aliphatic heterocycles. The van der Waals surface area contributed by atoms with Crippen molar-refractivity contribution in [2.45, 2.75) is 12.8 Å². The van der Waals surface area contributed by atoms with Crippen LogP contribution in [-0.2, 0) is 12.8 Å². The molecule has 0 saturated heterocycles. The van der Waals surface area contributed by atoms with Crippen LogP contribution in [0.4, 0.5) is 0 Å². The Balaban J connectivity index is 0.000000153. The van der Waals surface area contributed by atoms with E-state index in [4.69, 9.17) is 16.6 Å². The number of hydrogen-bond acceptors (Lipinski definition) is 3. The Morgan fingerprint density at radius 3 is 1.74 bits per heavy atom. The molecule has 3 aromatic heterocycles. The second kappa shape index (κ2) is 13.0. The molecule has 4 aromatic carbocycles. The van der Waals surface area contributed by atoms with Crippen LogP contribution in [0.25, 0.3) is 27.6 Å². The van der Waals surface area contributed by atoms with Crippen molar-refractivity contribution >= 4 is 65.3 Å². The molecular formula is C35H25Br2ClN4. The molecule has 206 valence electrons. The molecule has 0 bridgehead atoms. The zero-order chi connectivity index (χ0) is 28.9. The van der Waals surface area contributed by atoms with Gasteiger partial charge in [-0.3, -0.25) is 4.57 Å². The highest BCUT2D eigenvalue weighted by Crippen LogP contribution is 2.26. The predicted octanol–water partition coefficient (Wildman–Crippen LogP) is 10.0. The smallest absolute Gasteiger partial charge is 0.142 e. The zero-order valence-corrected chi connectivity index (χ0v) is 26.4. The highest BCUT2D eigenvalue weighted by atomic mass is 79.9. The van der Waals surface area contributed by atoms with Crippen molar-refractivity contribution in [3.05, 3.63) is 164 Å². The van der Waals surface area contributed by atoms with E-state index in [0.717, 1.165) is 55.0 Å². The number of pyridine rings is 2. The highest BCUT2D eigenvalue weighted by Gasteiger charge is 2.10. The first-order valence-corrected chi connectivity index (χ1v) is 15.4. The lowest BCUT2D eigenvalue weighted by atomic mass is 10.0. The van der Waals surface area contributed by atoms with Gasteiger partial charge in [-0.25, -0.2) is 15.0 Å². The van der Waals surface area contributed by atoms with Crippen molar-refractivity contribution in [2.75, 3.05) is 0 Å². The average Bonchev–Trinajstić information content (AvgIpc) is 3.54. The number of fused-ring (bicyclic) bond motifs is 2. The van der Waals surface area contributed by atoms with Gasteiger partial charge in [0.05, 0.1) is 11.0 Å². The quantitative estimate of drug-likeness (QED) is 0.168. The van der Waals surface area contributed by atoms with E-state index >= 15 is 0 Å². The maximum Gasteiger partial charge on any atom is 0.142 e. The van der Waals surface area contributed by atoms with Crippen molar-refractivity contribution in [3.63, 3.8) is 0 Å². The third kappa shape index (κ3) is 6.79. The number of aromatic nitrogens is 4. The van der Waals surface area contributed by atoms with Gasteiger partial charge in [0.1, 0.15) is 17.3 Å². The Morgan fingerprint density at radius 1 is 0.619 bits per heavy atom. The van der Waals surface area contributed by atoms with Gasteiger partial charge in [0.25, 0.3) is 0 Å². The molecule has 7 aromatic rings. The van der Waals surface area contributed by atoms with Crippen molar-refractivity contribution < 1.29 is 0 Å². The van der Waals surface area contributed by atoms with Crippen LogP contribution in [-0.4, -0.2) is 19.5 Å². The van der Waals surface area contributed by atoms with Gasteiger partial charge in [0.2, 0.25) is 0 Å². The molecule has 0 unspecified atom stereocenters. The van der Waals surface area contributed by atoms with Crippen LogP contribution in [0, 0.1) is 0 Å². The van der Waals surface area contributed by atoms with E-state index < -0.39 is 0 Å². The molecule has 7 heteroatoms. The predicted molar refractivity (Wildman–Crippen MR) is 180 cm³/mol. The molecule has 0 aliphatic rings. The largest absolute Gasteiger partial charge is 0.290 e. The fourth-order valence-corrected chi connectivity index (χ4v) is 5.81. The number of nitrogens with zero attached hydrogens (tertiary/aromatic N) is 4. The molecular weight excluding hydrogens is 672 g/mol. The lowest BCUT2D eigenvalue weighted by molar-refractivity contribution is 0.969. The van der Waals surface area contributed by atoms with Gasteiger partial charge in [0, 0.05) is 50.5 Å². The molecule has 0 radical (unpaired) electrons. The van der Waals surface area contributed by atoms with Crippen LogP contribution in [0.3, 0.4) is 0 Å². The summed E-state index contributed by atoms with van der Waals surface area (Å²) in [7, 11) is 0. The van der Waals surface area contributed by atoms with E-state index in [2.05, 4.69) is 102 Å². The van der Waals surface area contributed by atoms with Crippen LogP contribution in [0.2, 0.25) is 5.15 Å². The van der Waals surface area contributed by atoms with Crippen LogP contribution < -0.4 is 0 Å². The van der Waals surface area contributed by atoms with Crippen LogP contribution in [0.15, 0.2) is 137 Å². The number of rotatable bonds is 5. The van der Waals surface area contributed by atoms with Crippen molar-refractivity contribution in [2.24, 2.45) is 0 Å². The lowest BCUT2D eigenvalue weighted by Gasteiger charge is -2.12. The third-order valence-corrected chi connectivity index (χ3v) is 8.17. The molecule has 0 amide bonds. The molecule has 7 rings (SSSR count). The van der Waals surface area contributed by atoms with Crippen molar-refractivity contribution in [1.82, 2.24) is 19.5 Å². The SMILES string of the molecule is Brc1ccc2nc(-n3ccnc3)c(Cc3ccccc3)cc2c1.Clc1nc2ccc(Br)cc2cc1Cc1ccccc1. The topological polar surface area (TPSA) is 43.6 Å². The molecule has 0 fully saturated rings. The first-order chi connectivity index (χ1) is 20.5. The maximum atomic E-state index is 6.27. The summed E-state index contributed by atoms with van der Waals surface area (Å²) in [6.45, 7) is 0. The fourth-order valence-electron chi connectivity index (χ4n) is 4.84. The molecule has 42 heavy (non-hydrogen) atoms. The minimum absolute atomic E-state index is 0.582. The highest BCUT2D eigenvalue weighted by molar-refractivity contribution is 9.10. The molecule has 0 spiro atoms. The number of imidazole rings is 1. The second-order valence-electron chi connectivity index (χ2n) is 9.88. The molecule has 3 heterocycles. The lowest BCUT2D eigenvalue weighted by Crippen LogP contribution is -2.02. The first kappa shape index (κ1) is 28.3. The number of hydrogen-bond donors (Lipinski definition) is 0. The Hall–Kier alpha value is -3.84. The average molecular weight is 697 g/mol. The first-order valence-electron chi connectivity index (χ1n) is 13.4. The summed E-state index contributed by atoms with van der Waals surface area (Å²) >= 11 is 13.3. The maximum absolute atomic E-state index is 6.27. The monoisotopic (exact) mass is 694 g/mol. The van der Waals surface area contributed by atoms with E-state index in [9.17, 15) is 0 Å². The Bertz CT molecular complexity index is 1960. The summed E-state index contributed by atoms with van der Waals surface area (Å²) in [5, 5.41) is 2.82. The number of halogens is 3. The van der Waals surface area contributed by atoms with Gasteiger partial charge in [-0.1, -0.05) is 104 Å². The summed E-state index contributed by atoms with van der Waals surface area (Å²) in [5.74, 6) is 0.932. The second-order valence-corrected chi connectivity index (χ2v) is 12.1. The Kier molecular flexibility index (Phi) is 8.75. The van der Waals surface area contributed by atoms with Gasteiger partial charge in [0.15, 0.2) is 0 Å². The normalized spacial score (nSPS) is 10.9. The van der Waals surface area contributed by atoms with Crippen molar-refractivity contribution in [1.29, 1.82) is 0 Å². The molecule has 0 atom stereocenters. The van der Waals surface area contributed by atoms with E-state index in [1.165, 1.54) is 16.7 Å². The van der Waals surface area contributed by atoms with E-state index in [1.807, 2.05) is 59.3 Å². The Labute approximate surface area is 266 Å². The standard InChI is InChI=1S/C19H14BrN3.C16H11BrClN/c20-17-6-7-18-15(12-17)11-16(10-14-4-2-1-3-5-14)19(22-18)23-9-8-21-13-23;17-14-6-7-15-12(10-14)9-13(16(18)19-15)8-11-4-2-1-3-5-11/h1-9,11-13H,10H2;1-7,9-10H,8H2. The van der Waals surface area contributed by atoms with Crippen molar-refractivity contribution in [3.8, 4) is 5.82 Å². The van der Waals surface area contributed by atoms with Crippen LogP contribution in [0.1, 0.15) is 22.3 Å². The van der Waals surface area contributed by atoms with Crippen LogP contribution in [0.5, 0.6) is 0 Å². The van der Waals surface area contributed by atoms with E-state index in [0.29, 0.717) is 5.15 Å². The third-order valence-electron chi connectivity index (χ3n) is 6.86. The van der Waals surface area contributed by atoms with E-state index in [1.54, 1.807) is 12.5 Å². The summed E-state index contributed by atoms with van der Waals surface area (Å²) in [6.07, 6.45) is 7.14. The summed E-state index contributed by atoms with van der Waals surface area (Å²) in [5.41, 5.74) is 6.64. The minimum Gasteiger partial charge on any atom is -0.290 e. The molecule has 0 saturated carbocycles. The summed E-state index contributed by atoms with van der Waals surface area (Å²) < 4.78 is 4.09. The fraction of sp³-hybridized carbons (Fsp3) is 0.0571. The van der Waals surface area contributed by atoms with Gasteiger partial charge >= 0.3 is 0 Å². The number of benzene rings is 4. The van der Waals surface area contributed by atoms with E-state index in [-0.39, 0.29) is 0 Å². The molecule has 0 N–H and O–H groups in total. The summed E-state index contributed by atoms with van der Waals surface area (Å²) in [4.78, 5) is 13.5. The van der Waals surface area contributed by atoms with Crippen LogP contribution >= 0.6 is 43.5 Å². The minimum atomic E-state index is 0.582. The Morgan fingerprint density at radius 2 is 1.17 bits per heavy atom. The summed E-state index contributed by atoms with van der Waals surface area (Å²) in [6, 6.07) is 37.2. The van der Waals surface area contributed by atoms with Gasteiger partial charge in [-0.15, -0.1) is 0 Å². The molecule has 0 aliphatic carbocycles.